The van der Waals surface area contributed by atoms with E-state index in [0.29, 0.717) is 5.41 Å². The normalized spacial score (nSPS) is 34.8. The summed E-state index contributed by atoms with van der Waals surface area (Å²) in [6.07, 6.45) is 8.16. The second-order valence-electron chi connectivity index (χ2n) is 6.80. The van der Waals surface area contributed by atoms with Crippen molar-refractivity contribution in [2.45, 2.75) is 64.0 Å². The molecule has 2 aliphatic rings. The van der Waals surface area contributed by atoms with Crippen LogP contribution in [0.1, 0.15) is 52.4 Å². The molecule has 2 rings (SSSR count). The van der Waals surface area contributed by atoms with E-state index in [2.05, 4.69) is 30.9 Å². The van der Waals surface area contributed by atoms with Crippen molar-refractivity contribution in [3.63, 3.8) is 0 Å². The van der Waals surface area contributed by atoms with Crippen LogP contribution in [-0.2, 0) is 0 Å². The van der Waals surface area contributed by atoms with Crippen molar-refractivity contribution in [1.29, 1.82) is 0 Å². The highest BCUT2D eigenvalue weighted by Crippen LogP contribution is 2.39. The summed E-state index contributed by atoms with van der Waals surface area (Å²) in [4.78, 5) is 0. The van der Waals surface area contributed by atoms with E-state index < -0.39 is 0 Å². The standard InChI is InChI=1S/C14H28N2S/c1-13(2)8-14(9-15,11-17-10-13)16-12-6-4-3-5-7-12/h12,16H,3-11,15H2,1-2H3. The number of hydrogen-bond donors (Lipinski definition) is 2. The van der Waals surface area contributed by atoms with E-state index in [1.807, 2.05) is 0 Å². The van der Waals surface area contributed by atoms with Gasteiger partial charge in [-0.25, -0.2) is 0 Å². The molecule has 1 saturated carbocycles. The molecule has 2 nitrogen and oxygen atoms in total. The van der Waals surface area contributed by atoms with Crippen molar-refractivity contribution in [3.05, 3.63) is 0 Å². The zero-order chi connectivity index (χ0) is 12.4. The molecule has 1 saturated heterocycles. The third-order valence-corrected chi connectivity index (χ3v) is 5.94. The van der Waals surface area contributed by atoms with E-state index in [-0.39, 0.29) is 5.54 Å². The van der Waals surface area contributed by atoms with E-state index in [1.165, 1.54) is 50.0 Å². The van der Waals surface area contributed by atoms with Crippen LogP contribution in [0.15, 0.2) is 0 Å². The molecule has 1 unspecified atom stereocenters. The van der Waals surface area contributed by atoms with Gasteiger partial charge in [-0.1, -0.05) is 33.1 Å². The summed E-state index contributed by atoms with van der Waals surface area (Å²) in [7, 11) is 0. The SMILES string of the molecule is CC1(C)CSCC(CN)(NC2CCCCC2)C1. The maximum absolute atomic E-state index is 6.10. The lowest BCUT2D eigenvalue weighted by atomic mass is 9.78. The predicted octanol–water partition coefficient (Wildman–Crippen LogP) is 2.77. The summed E-state index contributed by atoms with van der Waals surface area (Å²) >= 11 is 2.08. The summed E-state index contributed by atoms with van der Waals surface area (Å²) < 4.78 is 0. The molecule has 0 spiro atoms. The van der Waals surface area contributed by atoms with Gasteiger partial charge in [0.15, 0.2) is 0 Å². The molecule has 3 N–H and O–H groups in total. The van der Waals surface area contributed by atoms with Gasteiger partial charge in [0.1, 0.15) is 0 Å². The second kappa shape index (κ2) is 5.50. The molecule has 1 aliphatic heterocycles. The summed E-state index contributed by atoms with van der Waals surface area (Å²) in [5.41, 5.74) is 6.74. The zero-order valence-electron chi connectivity index (χ0n) is 11.4. The number of rotatable bonds is 3. The lowest BCUT2D eigenvalue weighted by Gasteiger charge is -2.47. The number of thioether (sulfide) groups is 1. The van der Waals surface area contributed by atoms with Gasteiger partial charge in [-0.15, -0.1) is 0 Å². The lowest BCUT2D eigenvalue weighted by molar-refractivity contribution is 0.193. The van der Waals surface area contributed by atoms with E-state index in [4.69, 9.17) is 5.73 Å². The summed E-state index contributed by atoms with van der Waals surface area (Å²) in [5, 5.41) is 3.93. The van der Waals surface area contributed by atoms with Gasteiger partial charge in [0.05, 0.1) is 0 Å². The van der Waals surface area contributed by atoms with Crippen LogP contribution < -0.4 is 11.1 Å². The monoisotopic (exact) mass is 256 g/mol. The largest absolute Gasteiger partial charge is 0.329 e. The second-order valence-corrected chi connectivity index (χ2v) is 7.78. The van der Waals surface area contributed by atoms with Crippen molar-refractivity contribution >= 4 is 11.8 Å². The van der Waals surface area contributed by atoms with Crippen molar-refractivity contribution < 1.29 is 0 Å². The summed E-state index contributed by atoms with van der Waals surface area (Å²) in [6, 6.07) is 0.724. The Bertz CT molecular complexity index is 249. The first-order valence-corrected chi connectivity index (χ1v) is 8.26. The molecule has 0 aromatic heterocycles. The number of nitrogens with one attached hydrogen (secondary N) is 1. The third-order valence-electron chi connectivity index (χ3n) is 4.19. The van der Waals surface area contributed by atoms with Crippen molar-refractivity contribution in [2.24, 2.45) is 11.1 Å². The molecular weight excluding hydrogens is 228 g/mol. The van der Waals surface area contributed by atoms with Gasteiger partial charge < -0.3 is 11.1 Å². The van der Waals surface area contributed by atoms with Crippen molar-refractivity contribution in [2.75, 3.05) is 18.1 Å². The minimum atomic E-state index is 0.203. The third kappa shape index (κ3) is 3.62. The Kier molecular flexibility index (Phi) is 4.43. The first kappa shape index (κ1) is 13.7. The van der Waals surface area contributed by atoms with Gasteiger partial charge in [0, 0.05) is 23.9 Å². The maximum Gasteiger partial charge on any atom is 0.0402 e. The quantitative estimate of drug-likeness (QED) is 0.815. The molecule has 3 heteroatoms. The van der Waals surface area contributed by atoms with E-state index in [0.717, 1.165) is 12.6 Å². The molecule has 0 aromatic carbocycles. The number of hydrogen-bond acceptors (Lipinski definition) is 3. The lowest BCUT2D eigenvalue weighted by Crippen LogP contribution is -2.61. The Morgan fingerprint density at radius 3 is 2.47 bits per heavy atom. The van der Waals surface area contributed by atoms with Gasteiger partial charge in [-0.05, 0) is 30.4 Å². The molecule has 1 aliphatic carbocycles. The molecule has 17 heavy (non-hydrogen) atoms. The minimum Gasteiger partial charge on any atom is -0.329 e. The van der Waals surface area contributed by atoms with Crippen molar-refractivity contribution in [1.82, 2.24) is 5.32 Å². The number of nitrogens with two attached hydrogens (primary N) is 1. The Morgan fingerprint density at radius 2 is 1.88 bits per heavy atom. The maximum atomic E-state index is 6.10. The molecule has 0 radical (unpaired) electrons. The van der Waals surface area contributed by atoms with Crippen LogP contribution in [0, 0.1) is 5.41 Å². The van der Waals surface area contributed by atoms with Gasteiger partial charge in [0.25, 0.3) is 0 Å². The van der Waals surface area contributed by atoms with E-state index >= 15 is 0 Å². The van der Waals surface area contributed by atoms with E-state index in [9.17, 15) is 0 Å². The van der Waals surface area contributed by atoms with Gasteiger partial charge >= 0.3 is 0 Å². The highest BCUT2D eigenvalue weighted by atomic mass is 32.2. The smallest absolute Gasteiger partial charge is 0.0402 e. The Hall–Kier alpha value is 0.270. The van der Waals surface area contributed by atoms with Gasteiger partial charge in [-0.3, -0.25) is 0 Å². The molecule has 0 bridgehead atoms. The van der Waals surface area contributed by atoms with Crippen LogP contribution in [0.4, 0.5) is 0 Å². The topological polar surface area (TPSA) is 38.0 Å². The highest BCUT2D eigenvalue weighted by molar-refractivity contribution is 7.99. The summed E-state index contributed by atoms with van der Waals surface area (Å²) in [5.74, 6) is 2.48. The molecule has 0 aromatic rings. The fraction of sp³-hybridized carbons (Fsp3) is 1.00. The zero-order valence-corrected chi connectivity index (χ0v) is 12.2. The fourth-order valence-corrected chi connectivity index (χ4v) is 4.95. The molecular formula is C14H28N2S. The Labute approximate surface area is 110 Å². The molecule has 2 fully saturated rings. The average Bonchev–Trinajstić information content (AvgIpc) is 2.29. The molecule has 1 heterocycles. The van der Waals surface area contributed by atoms with Gasteiger partial charge in [-0.2, -0.15) is 11.8 Å². The van der Waals surface area contributed by atoms with Crippen LogP contribution in [0.2, 0.25) is 0 Å². The minimum absolute atomic E-state index is 0.203. The van der Waals surface area contributed by atoms with Crippen LogP contribution in [0.3, 0.4) is 0 Å². The van der Waals surface area contributed by atoms with E-state index in [1.54, 1.807) is 0 Å². The first-order chi connectivity index (χ1) is 8.05. The summed E-state index contributed by atoms with van der Waals surface area (Å²) in [6.45, 7) is 5.55. The molecule has 100 valence electrons. The highest BCUT2D eigenvalue weighted by Gasteiger charge is 2.40. The Morgan fingerprint density at radius 1 is 1.18 bits per heavy atom. The van der Waals surface area contributed by atoms with Crippen LogP contribution in [-0.4, -0.2) is 29.6 Å². The Balaban J connectivity index is 1.97. The first-order valence-electron chi connectivity index (χ1n) is 7.11. The van der Waals surface area contributed by atoms with Gasteiger partial charge in [0.2, 0.25) is 0 Å². The van der Waals surface area contributed by atoms with Crippen LogP contribution in [0.5, 0.6) is 0 Å². The average molecular weight is 256 g/mol. The predicted molar refractivity (Wildman–Crippen MR) is 77.5 cm³/mol. The fourth-order valence-electron chi connectivity index (χ4n) is 3.50. The molecule has 0 amide bonds. The van der Waals surface area contributed by atoms with Crippen LogP contribution in [0.25, 0.3) is 0 Å². The van der Waals surface area contributed by atoms with Crippen LogP contribution >= 0.6 is 11.8 Å². The molecule has 1 atom stereocenters. The van der Waals surface area contributed by atoms with Crippen molar-refractivity contribution in [3.8, 4) is 0 Å².